The molecule has 0 radical (unpaired) electrons. The molecule has 3 N–H and O–H groups in total. The second kappa shape index (κ2) is 3.29. The van der Waals surface area contributed by atoms with E-state index in [-0.39, 0.29) is 11.5 Å². The lowest BCUT2D eigenvalue weighted by atomic mass is 10.2. The number of aromatic hydroxyl groups is 2. The Hall–Kier alpha value is -2.40. The van der Waals surface area contributed by atoms with Gasteiger partial charge in [0.1, 0.15) is 22.9 Å². The Balaban J connectivity index is 2.17. The molecular weight excluding hydrogens is 222 g/mol. The van der Waals surface area contributed by atoms with Crippen molar-refractivity contribution in [1.29, 1.82) is 0 Å². The van der Waals surface area contributed by atoms with Crippen LogP contribution in [0.15, 0.2) is 36.4 Å². The van der Waals surface area contributed by atoms with E-state index in [2.05, 4.69) is 0 Å². The third-order valence-corrected chi connectivity index (χ3v) is 2.56. The van der Waals surface area contributed by atoms with Crippen LogP contribution in [0.5, 0.6) is 23.0 Å². The molecule has 1 heterocycles. The van der Waals surface area contributed by atoms with E-state index in [4.69, 9.17) is 4.74 Å². The maximum Gasteiger partial charge on any atom is 0.157 e. The van der Waals surface area contributed by atoms with E-state index in [1.54, 1.807) is 12.1 Å². The van der Waals surface area contributed by atoms with E-state index in [1.165, 1.54) is 24.3 Å². The van der Waals surface area contributed by atoms with Gasteiger partial charge in [-0.05, 0) is 24.3 Å². The minimum atomic E-state index is 0.0424. The van der Waals surface area contributed by atoms with Crippen LogP contribution in [0.4, 0.5) is 11.4 Å². The van der Waals surface area contributed by atoms with Gasteiger partial charge in [-0.2, -0.15) is 0 Å². The van der Waals surface area contributed by atoms with Crippen molar-refractivity contribution in [3.8, 4) is 23.0 Å². The van der Waals surface area contributed by atoms with Crippen LogP contribution in [0.2, 0.25) is 0 Å². The lowest BCUT2D eigenvalue weighted by Crippen LogP contribution is -2.16. The Bertz CT molecular complexity index is 546. The molecule has 86 valence electrons. The number of benzene rings is 2. The number of phenolic OH excluding ortho intramolecular Hbond substituents is 2. The van der Waals surface area contributed by atoms with E-state index >= 15 is 0 Å². The number of anilines is 2. The van der Waals surface area contributed by atoms with E-state index in [0.717, 1.165) is 5.06 Å². The summed E-state index contributed by atoms with van der Waals surface area (Å²) in [6.45, 7) is 0. The molecule has 0 aliphatic carbocycles. The highest BCUT2D eigenvalue weighted by atomic mass is 16.5. The molecule has 5 nitrogen and oxygen atoms in total. The SMILES string of the molecule is Oc1ccc2c(c1)Oc1cc(O)ccc1N2O. The van der Waals surface area contributed by atoms with Gasteiger partial charge in [0.2, 0.25) is 0 Å². The van der Waals surface area contributed by atoms with Gasteiger partial charge in [-0.1, -0.05) is 0 Å². The molecule has 2 aromatic carbocycles. The highest BCUT2D eigenvalue weighted by molar-refractivity contribution is 5.76. The van der Waals surface area contributed by atoms with Crippen molar-refractivity contribution < 1.29 is 20.2 Å². The summed E-state index contributed by atoms with van der Waals surface area (Å²) >= 11 is 0. The summed E-state index contributed by atoms with van der Waals surface area (Å²) in [6, 6.07) is 8.78. The van der Waals surface area contributed by atoms with Crippen LogP contribution in [0, 0.1) is 0 Å². The second-order valence-corrected chi connectivity index (χ2v) is 3.72. The topological polar surface area (TPSA) is 73.2 Å². The molecule has 3 rings (SSSR count). The molecule has 0 fully saturated rings. The summed E-state index contributed by atoms with van der Waals surface area (Å²) in [5.41, 5.74) is 0.863. The first kappa shape index (κ1) is 9.80. The molecule has 0 saturated carbocycles. The van der Waals surface area contributed by atoms with Crippen LogP contribution in [0.1, 0.15) is 0 Å². The number of fused-ring (bicyclic) bond motifs is 2. The Morgan fingerprint density at radius 1 is 0.824 bits per heavy atom. The lowest BCUT2D eigenvalue weighted by Gasteiger charge is -2.27. The standard InChI is InChI=1S/C12H9NO4/c14-7-1-3-9-11(5-7)17-12-6-8(15)2-4-10(12)13(9)16/h1-6,14-16H. The van der Waals surface area contributed by atoms with Gasteiger partial charge in [0, 0.05) is 12.1 Å². The van der Waals surface area contributed by atoms with E-state index in [1.807, 2.05) is 0 Å². The third kappa shape index (κ3) is 1.44. The predicted molar refractivity (Wildman–Crippen MR) is 60.2 cm³/mol. The molecule has 0 unspecified atom stereocenters. The van der Waals surface area contributed by atoms with Crippen molar-refractivity contribution in [3.63, 3.8) is 0 Å². The first-order valence-corrected chi connectivity index (χ1v) is 4.98. The van der Waals surface area contributed by atoms with Gasteiger partial charge < -0.3 is 14.9 Å². The van der Waals surface area contributed by atoms with E-state index in [0.29, 0.717) is 22.9 Å². The van der Waals surface area contributed by atoms with Crippen molar-refractivity contribution in [2.45, 2.75) is 0 Å². The number of phenols is 2. The first-order chi connectivity index (χ1) is 8.15. The molecular formula is C12H9NO4. The van der Waals surface area contributed by atoms with Gasteiger partial charge in [-0.15, -0.1) is 0 Å². The quantitative estimate of drug-likeness (QED) is 0.650. The largest absolute Gasteiger partial charge is 0.508 e. The van der Waals surface area contributed by atoms with Crippen LogP contribution in [-0.2, 0) is 0 Å². The van der Waals surface area contributed by atoms with Gasteiger partial charge in [-0.25, -0.2) is 5.06 Å². The van der Waals surface area contributed by atoms with Gasteiger partial charge in [0.05, 0.1) is 0 Å². The normalized spacial score (nSPS) is 12.6. The van der Waals surface area contributed by atoms with Crippen molar-refractivity contribution >= 4 is 11.4 Å². The Labute approximate surface area is 96.7 Å². The van der Waals surface area contributed by atoms with Crippen LogP contribution in [-0.4, -0.2) is 15.4 Å². The molecule has 0 amide bonds. The maximum absolute atomic E-state index is 9.99. The molecule has 0 atom stereocenters. The predicted octanol–water partition coefficient (Wildman–Crippen LogP) is 2.73. The number of nitrogens with zero attached hydrogens (tertiary/aromatic N) is 1. The van der Waals surface area contributed by atoms with Crippen molar-refractivity contribution in [3.05, 3.63) is 36.4 Å². The molecule has 0 bridgehead atoms. The van der Waals surface area contributed by atoms with Gasteiger partial charge in [0.25, 0.3) is 0 Å². The molecule has 2 aromatic rings. The smallest absolute Gasteiger partial charge is 0.157 e. The fourth-order valence-electron chi connectivity index (χ4n) is 1.77. The molecule has 5 heteroatoms. The molecule has 17 heavy (non-hydrogen) atoms. The highest BCUT2D eigenvalue weighted by Crippen LogP contribution is 2.47. The van der Waals surface area contributed by atoms with E-state index < -0.39 is 0 Å². The zero-order valence-corrected chi connectivity index (χ0v) is 8.66. The fourth-order valence-corrected chi connectivity index (χ4v) is 1.77. The molecule has 1 aliphatic rings. The lowest BCUT2D eigenvalue weighted by molar-refractivity contribution is 0.284. The van der Waals surface area contributed by atoms with E-state index in [9.17, 15) is 15.4 Å². The summed E-state index contributed by atoms with van der Waals surface area (Å²) in [5.74, 6) is 0.734. The van der Waals surface area contributed by atoms with Crippen molar-refractivity contribution in [2.24, 2.45) is 0 Å². The monoisotopic (exact) mass is 231 g/mol. The molecule has 0 aromatic heterocycles. The van der Waals surface area contributed by atoms with Crippen molar-refractivity contribution in [1.82, 2.24) is 0 Å². The van der Waals surface area contributed by atoms with Crippen LogP contribution in [0.3, 0.4) is 0 Å². The number of ether oxygens (including phenoxy) is 1. The molecule has 0 spiro atoms. The van der Waals surface area contributed by atoms with Gasteiger partial charge in [0.15, 0.2) is 11.5 Å². The van der Waals surface area contributed by atoms with Gasteiger partial charge in [-0.3, -0.25) is 5.21 Å². The zero-order valence-electron chi connectivity index (χ0n) is 8.66. The summed E-state index contributed by atoms with van der Waals surface area (Å²) in [6.07, 6.45) is 0. The summed E-state index contributed by atoms with van der Waals surface area (Å²) < 4.78 is 5.49. The minimum absolute atomic E-state index is 0.0424. The Kier molecular flexibility index (Phi) is 1.90. The molecule has 0 saturated heterocycles. The highest BCUT2D eigenvalue weighted by Gasteiger charge is 2.23. The number of hydrogen-bond acceptors (Lipinski definition) is 5. The number of rotatable bonds is 0. The Morgan fingerprint density at radius 3 is 1.76 bits per heavy atom. The van der Waals surface area contributed by atoms with Crippen LogP contribution >= 0.6 is 0 Å². The van der Waals surface area contributed by atoms with Crippen molar-refractivity contribution in [2.75, 3.05) is 5.06 Å². The molecule has 1 aliphatic heterocycles. The maximum atomic E-state index is 9.99. The van der Waals surface area contributed by atoms with Gasteiger partial charge >= 0.3 is 0 Å². The minimum Gasteiger partial charge on any atom is -0.508 e. The first-order valence-electron chi connectivity index (χ1n) is 4.98. The second-order valence-electron chi connectivity index (χ2n) is 3.72. The zero-order chi connectivity index (χ0) is 12.0. The average molecular weight is 231 g/mol. The fraction of sp³-hybridized carbons (Fsp3) is 0. The average Bonchev–Trinajstić information content (AvgIpc) is 2.28. The third-order valence-electron chi connectivity index (χ3n) is 2.56. The number of hydrogen-bond donors (Lipinski definition) is 3. The van der Waals surface area contributed by atoms with Crippen LogP contribution in [0.25, 0.3) is 0 Å². The summed E-state index contributed by atoms with van der Waals surface area (Å²) in [5, 5.41) is 29.6. The Morgan fingerprint density at radius 2 is 1.29 bits per heavy atom. The summed E-state index contributed by atoms with van der Waals surface area (Å²) in [7, 11) is 0. The summed E-state index contributed by atoms with van der Waals surface area (Å²) in [4.78, 5) is 0. The van der Waals surface area contributed by atoms with Crippen LogP contribution < -0.4 is 9.80 Å².